The minimum absolute atomic E-state index is 0.218. The van der Waals surface area contributed by atoms with E-state index in [1.807, 2.05) is 6.92 Å². The highest BCUT2D eigenvalue weighted by Gasteiger charge is 2.21. The van der Waals surface area contributed by atoms with E-state index in [1.54, 1.807) is 37.4 Å². The highest BCUT2D eigenvalue weighted by molar-refractivity contribution is 6.12. The fraction of sp³-hybridized carbons (Fsp3) is 0.267. The number of furan rings is 1. The lowest BCUT2D eigenvalue weighted by atomic mass is 10.1. The van der Waals surface area contributed by atoms with Crippen LogP contribution in [0.1, 0.15) is 28.8 Å². The van der Waals surface area contributed by atoms with Gasteiger partial charge < -0.3 is 19.6 Å². The van der Waals surface area contributed by atoms with Crippen molar-refractivity contribution in [1.29, 1.82) is 0 Å². The van der Waals surface area contributed by atoms with Crippen LogP contribution in [0, 0.1) is 0 Å². The second kappa shape index (κ2) is 6.25. The molecular formula is C15H17NO4. The van der Waals surface area contributed by atoms with Crippen LogP contribution in [-0.4, -0.2) is 19.5 Å². The smallest absolute Gasteiger partial charge is 0.233 e. The molecule has 106 valence electrons. The maximum absolute atomic E-state index is 12.5. The third kappa shape index (κ3) is 2.83. The fourth-order valence-electron chi connectivity index (χ4n) is 1.91. The van der Waals surface area contributed by atoms with Crippen molar-refractivity contribution in [3.8, 4) is 5.75 Å². The van der Waals surface area contributed by atoms with E-state index in [4.69, 9.17) is 19.6 Å². The number of ether oxygens (including phenoxy) is 2. The molecular weight excluding hydrogens is 258 g/mol. The molecule has 1 aromatic carbocycles. The quantitative estimate of drug-likeness (QED) is 0.648. The molecule has 0 spiro atoms. The third-order valence-electron chi connectivity index (χ3n) is 2.76. The number of nitrogen functional groups attached to an aromatic ring is 1. The van der Waals surface area contributed by atoms with Crippen molar-refractivity contribution in [2.45, 2.75) is 13.5 Å². The summed E-state index contributed by atoms with van der Waals surface area (Å²) in [5.74, 6) is 0.968. The maximum atomic E-state index is 12.5. The van der Waals surface area contributed by atoms with Crippen LogP contribution in [0.5, 0.6) is 5.75 Å². The van der Waals surface area contributed by atoms with Crippen molar-refractivity contribution < 1.29 is 18.7 Å². The molecule has 0 aliphatic carbocycles. The van der Waals surface area contributed by atoms with E-state index >= 15 is 0 Å². The van der Waals surface area contributed by atoms with Crippen LogP contribution in [0.15, 0.2) is 34.7 Å². The molecule has 0 aliphatic rings. The van der Waals surface area contributed by atoms with Crippen molar-refractivity contribution in [1.82, 2.24) is 0 Å². The average molecular weight is 275 g/mol. The van der Waals surface area contributed by atoms with Gasteiger partial charge in [0, 0.05) is 12.8 Å². The van der Waals surface area contributed by atoms with Crippen LogP contribution in [0.3, 0.4) is 0 Å². The normalized spacial score (nSPS) is 10.5. The maximum Gasteiger partial charge on any atom is 0.233 e. The van der Waals surface area contributed by atoms with E-state index in [0.29, 0.717) is 36.0 Å². The van der Waals surface area contributed by atoms with Crippen LogP contribution in [0.2, 0.25) is 0 Å². The monoisotopic (exact) mass is 275 g/mol. The highest BCUT2D eigenvalue weighted by atomic mass is 16.5. The molecule has 0 saturated heterocycles. The van der Waals surface area contributed by atoms with Crippen molar-refractivity contribution in [3.05, 3.63) is 47.4 Å². The zero-order valence-corrected chi connectivity index (χ0v) is 11.5. The Labute approximate surface area is 117 Å². The Hall–Kier alpha value is -2.27. The van der Waals surface area contributed by atoms with Gasteiger partial charge in [-0.1, -0.05) is 6.07 Å². The molecule has 1 aromatic heterocycles. The highest BCUT2D eigenvalue weighted by Crippen LogP contribution is 2.28. The molecule has 0 saturated carbocycles. The van der Waals surface area contributed by atoms with Gasteiger partial charge in [0.25, 0.3) is 0 Å². The minimum atomic E-state index is -0.297. The van der Waals surface area contributed by atoms with E-state index in [0.717, 1.165) is 0 Å². The van der Waals surface area contributed by atoms with Crippen LogP contribution in [0.25, 0.3) is 0 Å². The second-order valence-corrected chi connectivity index (χ2v) is 4.18. The SMILES string of the molecule is CCOc1cccc(N)c1C(=O)c1ccc(COC)o1. The Morgan fingerprint density at radius 1 is 1.30 bits per heavy atom. The molecule has 0 fully saturated rings. The number of methoxy groups -OCH3 is 1. The summed E-state index contributed by atoms with van der Waals surface area (Å²) in [7, 11) is 1.56. The topological polar surface area (TPSA) is 74.7 Å². The number of carbonyl (C=O) groups excluding carboxylic acids is 1. The number of hydrogen-bond donors (Lipinski definition) is 1. The molecule has 20 heavy (non-hydrogen) atoms. The number of benzene rings is 1. The summed E-state index contributed by atoms with van der Waals surface area (Å²) in [6.07, 6.45) is 0. The Morgan fingerprint density at radius 3 is 2.80 bits per heavy atom. The third-order valence-corrected chi connectivity index (χ3v) is 2.76. The number of rotatable bonds is 6. The lowest BCUT2D eigenvalue weighted by Crippen LogP contribution is -2.08. The van der Waals surface area contributed by atoms with Crippen LogP contribution >= 0.6 is 0 Å². The van der Waals surface area contributed by atoms with Gasteiger partial charge in [0.15, 0.2) is 5.76 Å². The predicted octanol–water partition coefficient (Wildman–Crippen LogP) is 2.64. The van der Waals surface area contributed by atoms with Gasteiger partial charge in [0.05, 0.1) is 12.2 Å². The summed E-state index contributed by atoms with van der Waals surface area (Å²) in [5, 5.41) is 0. The fourth-order valence-corrected chi connectivity index (χ4v) is 1.91. The largest absolute Gasteiger partial charge is 0.493 e. The minimum Gasteiger partial charge on any atom is -0.493 e. The molecule has 0 radical (unpaired) electrons. The van der Waals surface area contributed by atoms with Crippen LogP contribution in [-0.2, 0) is 11.3 Å². The lowest BCUT2D eigenvalue weighted by Gasteiger charge is -2.10. The Bertz CT molecular complexity index is 604. The molecule has 0 amide bonds. The van der Waals surface area contributed by atoms with Crippen LogP contribution < -0.4 is 10.5 Å². The summed E-state index contributed by atoms with van der Waals surface area (Å²) >= 11 is 0. The number of hydrogen-bond acceptors (Lipinski definition) is 5. The molecule has 0 atom stereocenters. The Morgan fingerprint density at radius 2 is 2.10 bits per heavy atom. The van der Waals surface area contributed by atoms with E-state index in [9.17, 15) is 4.79 Å². The summed E-state index contributed by atoms with van der Waals surface area (Å²) in [5.41, 5.74) is 6.58. The zero-order chi connectivity index (χ0) is 14.5. The van der Waals surface area contributed by atoms with Gasteiger partial charge >= 0.3 is 0 Å². The molecule has 2 rings (SSSR count). The first-order valence-corrected chi connectivity index (χ1v) is 6.31. The van der Waals surface area contributed by atoms with Gasteiger partial charge in [0.1, 0.15) is 18.1 Å². The number of anilines is 1. The Kier molecular flexibility index (Phi) is 4.42. The van der Waals surface area contributed by atoms with Gasteiger partial charge in [0.2, 0.25) is 5.78 Å². The van der Waals surface area contributed by atoms with Crippen molar-refractivity contribution in [3.63, 3.8) is 0 Å². The van der Waals surface area contributed by atoms with Gasteiger partial charge in [-0.3, -0.25) is 4.79 Å². The summed E-state index contributed by atoms with van der Waals surface area (Å²) in [6, 6.07) is 8.44. The predicted molar refractivity (Wildman–Crippen MR) is 74.9 cm³/mol. The Balaban J connectivity index is 2.36. The lowest BCUT2D eigenvalue weighted by molar-refractivity contribution is 0.0997. The summed E-state index contributed by atoms with van der Waals surface area (Å²) in [4.78, 5) is 12.5. The molecule has 5 nitrogen and oxygen atoms in total. The molecule has 0 bridgehead atoms. The van der Waals surface area contributed by atoms with Crippen LogP contribution in [0.4, 0.5) is 5.69 Å². The first-order chi connectivity index (χ1) is 9.67. The standard InChI is InChI=1S/C15H17NO4/c1-3-19-12-6-4-5-11(16)14(12)15(17)13-8-7-10(20-13)9-18-2/h4-8H,3,9,16H2,1-2H3. The zero-order valence-electron chi connectivity index (χ0n) is 11.5. The van der Waals surface area contributed by atoms with Crippen molar-refractivity contribution >= 4 is 11.5 Å². The van der Waals surface area contributed by atoms with E-state index in [2.05, 4.69) is 0 Å². The van der Waals surface area contributed by atoms with Gasteiger partial charge in [-0.05, 0) is 31.2 Å². The number of carbonyl (C=O) groups is 1. The van der Waals surface area contributed by atoms with Gasteiger partial charge in [-0.15, -0.1) is 0 Å². The van der Waals surface area contributed by atoms with Gasteiger partial charge in [-0.2, -0.15) is 0 Å². The van der Waals surface area contributed by atoms with E-state index in [1.165, 1.54) is 0 Å². The average Bonchev–Trinajstić information content (AvgIpc) is 2.88. The molecule has 1 heterocycles. The second-order valence-electron chi connectivity index (χ2n) is 4.18. The summed E-state index contributed by atoms with van der Waals surface area (Å²) < 4.78 is 15.8. The molecule has 0 unspecified atom stereocenters. The van der Waals surface area contributed by atoms with Crippen molar-refractivity contribution in [2.75, 3.05) is 19.5 Å². The van der Waals surface area contributed by atoms with E-state index in [-0.39, 0.29) is 11.5 Å². The summed E-state index contributed by atoms with van der Waals surface area (Å²) in [6.45, 7) is 2.62. The number of ketones is 1. The molecule has 2 N–H and O–H groups in total. The first-order valence-electron chi connectivity index (χ1n) is 6.31. The first kappa shape index (κ1) is 14.1. The van der Waals surface area contributed by atoms with Gasteiger partial charge in [-0.25, -0.2) is 0 Å². The van der Waals surface area contributed by atoms with Crippen molar-refractivity contribution in [2.24, 2.45) is 0 Å². The number of nitrogens with two attached hydrogens (primary N) is 1. The molecule has 0 aliphatic heterocycles. The van der Waals surface area contributed by atoms with E-state index < -0.39 is 0 Å². The molecule has 5 heteroatoms. The molecule has 2 aromatic rings.